The van der Waals surface area contributed by atoms with Crippen LogP contribution in [0.5, 0.6) is 0 Å². The van der Waals surface area contributed by atoms with Gasteiger partial charge in [-0.1, -0.05) is 23.7 Å². The first-order valence-corrected chi connectivity index (χ1v) is 5.83. The van der Waals surface area contributed by atoms with Crippen LogP contribution in [0.2, 0.25) is 5.02 Å². The smallest absolute Gasteiger partial charge is 0.407 e. The first kappa shape index (κ1) is 12.7. The fourth-order valence-corrected chi connectivity index (χ4v) is 2.38. The Labute approximate surface area is 109 Å². The van der Waals surface area contributed by atoms with Crippen LogP contribution in [0.1, 0.15) is 11.5 Å². The van der Waals surface area contributed by atoms with Crippen LogP contribution in [0.4, 0.5) is 4.79 Å². The summed E-state index contributed by atoms with van der Waals surface area (Å²) in [5.41, 5.74) is 0.801. The molecule has 2 rings (SSSR count). The third-order valence-electron chi connectivity index (χ3n) is 3.21. The fourth-order valence-electron chi connectivity index (χ4n) is 2.26. The van der Waals surface area contributed by atoms with E-state index < -0.39 is 18.0 Å². The number of nitrogens with zero attached hydrogens (tertiary/aromatic N) is 1. The minimum Gasteiger partial charge on any atom is -0.481 e. The molecule has 6 heteroatoms. The van der Waals surface area contributed by atoms with Crippen molar-refractivity contribution in [2.75, 3.05) is 13.1 Å². The van der Waals surface area contributed by atoms with Gasteiger partial charge in [-0.3, -0.25) is 4.79 Å². The molecule has 5 nitrogen and oxygen atoms in total. The Hall–Kier alpha value is -1.75. The Bertz CT molecular complexity index is 473. The summed E-state index contributed by atoms with van der Waals surface area (Å²) in [4.78, 5) is 23.2. The number of carbonyl (C=O) groups is 2. The van der Waals surface area contributed by atoms with Crippen LogP contribution in [0.3, 0.4) is 0 Å². The lowest BCUT2D eigenvalue weighted by Crippen LogP contribution is -2.28. The third-order valence-corrected chi connectivity index (χ3v) is 3.46. The summed E-state index contributed by atoms with van der Waals surface area (Å²) in [5.74, 6) is -2.00. The average molecular weight is 270 g/mol. The van der Waals surface area contributed by atoms with Gasteiger partial charge >= 0.3 is 12.1 Å². The fraction of sp³-hybridized carbons (Fsp3) is 0.333. The maximum atomic E-state index is 11.2. The summed E-state index contributed by atoms with van der Waals surface area (Å²) in [7, 11) is 0. The second kappa shape index (κ2) is 4.86. The molecule has 1 aromatic carbocycles. The van der Waals surface area contributed by atoms with E-state index in [4.69, 9.17) is 21.8 Å². The third kappa shape index (κ3) is 2.41. The summed E-state index contributed by atoms with van der Waals surface area (Å²) in [5, 5.41) is 18.7. The highest BCUT2D eigenvalue weighted by atomic mass is 35.5. The normalized spacial score (nSPS) is 23.1. The molecule has 1 aliphatic rings. The minimum atomic E-state index is -1.09. The molecular formula is C12H12ClNO4. The van der Waals surface area contributed by atoms with Gasteiger partial charge in [-0.05, 0) is 17.7 Å². The van der Waals surface area contributed by atoms with Crippen LogP contribution in [-0.2, 0) is 4.79 Å². The molecule has 0 unspecified atom stereocenters. The van der Waals surface area contributed by atoms with Crippen LogP contribution in [0, 0.1) is 5.92 Å². The van der Waals surface area contributed by atoms with Crippen molar-refractivity contribution in [3.05, 3.63) is 34.9 Å². The average Bonchev–Trinajstić information content (AvgIpc) is 2.75. The van der Waals surface area contributed by atoms with Crippen molar-refractivity contribution in [3.8, 4) is 0 Å². The Morgan fingerprint density at radius 2 is 1.78 bits per heavy atom. The van der Waals surface area contributed by atoms with E-state index in [1.807, 2.05) is 0 Å². The predicted octanol–water partition coefficient (Wildman–Crippen LogP) is 2.12. The number of hydrogen-bond donors (Lipinski definition) is 2. The lowest BCUT2D eigenvalue weighted by molar-refractivity contribution is -0.141. The molecule has 1 heterocycles. The van der Waals surface area contributed by atoms with Gasteiger partial charge in [0.25, 0.3) is 0 Å². The van der Waals surface area contributed by atoms with E-state index in [-0.39, 0.29) is 19.0 Å². The number of halogens is 1. The number of benzene rings is 1. The van der Waals surface area contributed by atoms with Crippen molar-refractivity contribution in [2.45, 2.75) is 5.92 Å². The highest BCUT2D eigenvalue weighted by Gasteiger charge is 2.40. The number of likely N-dealkylation sites (tertiary alicyclic amines) is 1. The van der Waals surface area contributed by atoms with Gasteiger partial charge in [0.05, 0.1) is 5.92 Å². The SMILES string of the molecule is O=C(O)[C@H]1CN(C(=O)O)C[C@@H]1c1ccc(Cl)cc1. The van der Waals surface area contributed by atoms with Gasteiger partial charge in [0.15, 0.2) is 0 Å². The number of carboxylic acid groups (broad SMARTS) is 2. The first-order valence-electron chi connectivity index (χ1n) is 5.45. The van der Waals surface area contributed by atoms with Crippen molar-refractivity contribution in [1.82, 2.24) is 4.90 Å². The molecule has 2 atom stereocenters. The monoisotopic (exact) mass is 269 g/mol. The van der Waals surface area contributed by atoms with E-state index in [1.165, 1.54) is 0 Å². The van der Waals surface area contributed by atoms with Gasteiger partial charge in [-0.15, -0.1) is 0 Å². The number of hydrogen-bond acceptors (Lipinski definition) is 2. The molecule has 1 saturated heterocycles. The molecule has 0 spiro atoms. The molecule has 1 amide bonds. The molecule has 1 aliphatic heterocycles. The maximum absolute atomic E-state index is 11.2. The highest BCUT2D eigenvalue weighted by Crippen LogP contribution is 2.33. The molecule has 96 valence electrons. The standard InChI is InChI=1S/C12H12ClNO4/c13-8-3-1-7(2-4-8)9-5-14(12(17)18)6-10(9)11(15)16/h1-4,9-10H,5-6H2,(H,15,16)(H,17,18)/t9-,10+/m1/s1. The predicted molar refractivity (Wildman–Crippen MR) is 64.9 cm³/mol. The number of aliphatic carboxylic acids is 1. The van der Waals surface area contributed by atoms with Crippen LogP contribution < -0.4 is 0 Å². The van der Waals surface area contributed by atoms with E-state index >= 15 is 0 Å². The Morgan fingerprint density at radius 1 is 1.17 bits per heavy atom. The van der Waals surface area contributed by atoms with E-state index in [1.54, 1.807) is 24.3 Å². The maximum Gasteiger partial charge on any atom is 0.407 e. The van der Waals surface area contributed by atoms with Crippen molar-refractivity contribution >= 4 is 23.7 Å². The van der Waals surface area contributed by atoms with Gasteiger partial charge in [0.2, 0.25) is 0 Å². The van der Waals surface area contributed by atoms with Gasteiger partial charge in [-0.25, -0.2) is 4.79 Å². The van der Waals surface area contributed by atoms with Crippen molar-refractivity contribution in [2.24, 2.45) is 5.92 Å². The zero-order valence-corrected chi connectivity index (χ0v) is 10.2. The molecule has 0 aromatic heterocycles. The lowest BCUT2D eigenvalue weighted by Gasteiger charge is -2.14. The van der Waals surface area contributed by atoms with Gasteiger partial charge < -0.3 is 15.1 Å². The van der Waals surface area contributed by atoms with Crippen molar-refractivity contribution in [3.63, 3.8) is 0 Å². The molecular weight excluding hydrogens is 258 g/mol. The zero-order chi connectivity index (χ0) is 13.3. The quantitative estimate of drug-likeness (QED) is 0.862. The molecule has 0 bridgehead atoms. The summed E-state index contributed by atoms with van der Waals surface area (Å²) in [6.45, 7) is 0.228. The van der Waals surface area contributed by atoms with Crippen LogP contribution in [-0.4, -0.2) is 40.3 Å². The molecule has 18 heavy (non-hydrogen) atoms. The lowest BCUT2D eigenvalue weighted by atomic mass is 9.89. The van der Waals surface area contributed by atoms with E-state index in [0.29, 0.717) is 5.02 Å². The van der Waals surface area contributed by atoms with Crippen LogP contribution >= 0.6 is 11.6 Å². The van der Waals surface area contributed by atoms with Crippen LogP contribution in [0.15, 0.2) is 24.3 Å². The number of amides is 1. The molecule has 0 saturated carbocycles. The highest BCUT2D eigenvalue weighted by molar-refractivity contribution is 6.30. The van der Waals surface area contributed by atoms with E-state index in [0.717, 1.165) is 10.5 Å². The number of rotatable bonds is 2. The topological polar surface area (TPSA) is 77.8 Å². The summed E-state index contributed by atoms with van der Waals surface area (Å²) >= 11 is 5.78. The second-order valence-corrected chi connectivity index (χ2v) is 4.73. The Morgan fingerprint density at radius 3 is 2.28 bits per heavy atom. The number of carboxylic acids is 1. The van der Waals surface area contributed by atoms with Crippen molar-refractivity contribution < 1.29 is 19.8 Å². The van der Waals surface area contributed by atoms with Gasteiger partial charge in [0, 0.05) is 24.0 Å². The molecule has 0 radical (unpaired) electrons. The van der Waals surface area contributed by atoms with E-state index in [2.05, 4.69) is 0 Å². The van der Waals surface area contributed by atoms with Crippen molar-refractivity contribution in [1.29, 1.82) is 0 Å². The summed E-state index contributed by atoms with van der Waals surface area (Å²) < 4.78 is 0. The zero-order valence-electron chi connectivity index (χ0n) is 9.41. The first-order chi connectivity index (χ1) is 8.49. The van der Waals surface area contributed by atoms with E-state index in [9.17, 15) is 9.59 Å². The van der Waals surface area contributed by atoms with Gasteiger partial charge in [-0.2, -0.15) is 0 Å². The summed E-state index contributed by atoms with van der Waals surface area (Å²) in [6.07, 6.45) is -1.09. The van der Waals surface area contributed by atoms with Gasteiger partial charge in [0.1, 0.15) is 0 Å². The minimum absolute atomic E-state index is 0.0258. The largest absolute Gasteiger partial charge is 0.481 e. The molecule has 1 fully saturated rings. The Balaban J connectivity index is 2.27. The molecule has 0 aliphatic carbocycles. The molecule has 1 aromatic rings. The Kier molecular flexibility index (Phi) is 3.43. The summed E-state index contributed by atoms with van der Waals surface area (Å²) in [6, 6.07) is 6.85. The van der Waals surface area contributed by atoms with Crippen LogP contribution in [0.25, 0.3) is 0 Å². The second-order valence-electron chi connectivity index (χ2n) is 4.29. The molecule has 2 N–H and O–H groups in total.